The molecule has 3 N–H and O–H groups in total. The zero-order chi connectivity index (χ0) is 51.2. The first-order chi connectivity index (χ1) is 32.9. The summed E-state index contributed by atoms with van der Waals surface area (Å²) in [4.78, 5) is 99.8. The summed E-state index contributed by atoms with van der Waals surface area (Å²) in [5.74, 6) is -2.80. The molecule has 6 unspecified atom stereocenters. The lowest BCUT2D eigenvalue weighted by Crippen LogP contribution is -2.68. The molecule has 384 valence electrons. The van der Waals surface area contributed by atoms with Crippen LogP contribution >= 0.6 is 23.4 Å². The van der Waals surface area contributed by atoms with Gasteiger partial charge in [0, 0.05) is 70.1 Å². The van der Waals surface area contributed by atoms with Gasteiger partial charge in [0.2, 0.25) is 29.5 Å². The number of carbonyl (C=O) groups is 7. The monoisotopic (exact) mass is 1010 g/mol. The topological polar surface area (TPSA) is 223 Å². The lowest BCUT2D eigenvalue weighted by molar-refractivity contribution is -0.174. The molecule has 20 heteroatoms. The predicted molar refractivity (Wildman–Crippen MR) is 260 cm³/mol. The molecule has 1 aliphatic carbocycles. The summed E-state index contributed by atoms with van der Waals surface area (Å²) in [6, 6.07) is 2.14. The van der Waals surface area contributed by atoms with Crippen molar-refractivity contribution in [3.05, 3.63) is 46.5 Å². The van der Waals surface area contributed by atoms with Crippen LogP contribution in [0.1, 0.15) is 98.5 Å². The molecule has 1 aromatic carbocycles. The Morgan fingerprint density at radius 2 is 1.76 bits per heavy atom. The number of epoxide rings is 1. The molecule has 0 aromatic heterocycles. The molecule has 4 saturated heterocycles. The van der Waals surface area contributed by atoms with Gasteiger partial charge in [-0.2, -0.15) is 0 Å². The van der Waals surface area contributed by atoms with Crippen molar-refractivity contribution in [1.29, 1.82) is 0 Å². The second kappa shape index (κ2) is 20.4. The molecule has 6 aliphatic rings. The van der Waals surface area contributed by atoms with E-state index in [1.165, 1.54) is 47.7 Å². The first kappa shape index (κ1) is 53.1. The summed E-state index contributed by atoms with van der Waals surface area (Å²) in [6.45, 7) is 11.4. The van der Waals surface area contributed by atoms with E-state index >= 15 is 0 Å². The van der Waals surface area contributed by atoms with Crippen LogP contribution in [0.5, 0.6) is 5.75 Å². The van der Waals surface area contributed by atoms with E-state index in [1.807, 2.05) is 33.8 Å². The molecule has 0 spiro atoms. The van der Waals surface area contributed by atoms with Gasteiger partial charge in [-0.15, -0.1) is 11.8 Å². The van der Waals surface area contributed by atoms with Crippen molar-refractivity contribution in [3.8, 4) is 5.75 Å². The quantitative estimate of drug-likeness (QED) is 0.162. The number of nitrogens with zero attached hydrogens (tertiary/aromatic N) is 3. The molecule has 5 aliphatic heterocycles. The fraction of sp³-hybridized carbons (Fsp3) is 0.660. The number of amides is 6. The number of methoxy groups -OCH3 is 2. The lowest BCUT2D eigenvalue weighted by atomic mass is 9.69. The highest BCUT2D eigenvalue weighted by atomic mass is 35.5. The third-order valence-corrected chi connectivity index (χ3v) is 16.6. The van der Waals surface area contributed by atoms with Crippen LogP contribution < -0.4 is 20.3 Å². The number of imide groups is 1. The van der Waals surface area contributed by atoms with E-state index in [0.29, 0.717) is 30.7 Å². The summed E-state index contributed by atoms with van der Waals surface area (Å²) >= 11 is 8.00. The zero-order valence-corrected chi connectivity index (χ0v) is 43.3. The predicted octanol–water partition coefficient (Wildman–Crippen LogP) is 4.85. The number of likely N-dealkylation sites (N-methyl/N-ethyl adjacent to an activating group) is 1. The molecule has 18 nitrogen and oxygen atoms in total. The van der Waals surface area contributed by atoms with E-state index in [2.05, 4.69) is 10.6 Å². The Labute approximate surface area is 418 Å². The summed E-state index contributed by atoms with van der Waals surface area (Å²) in [5.41, 5.74) is -3.33. The summed E-state index contributed by atoms with van der Waals surface area (Å²) in [5, 5.41) is 17.2. The maximum atomic E-state index is 14.5. The molecule has 6 bridgehead atoms. The minimum Gasteiger partial charge on any atom is -0.495 e. The normalized spacial score (nSPS) is 34.9. The molecule has 70 heavy (non-hydrogen) atoms. The Balaban J connectivity index is 1.10. The number of allylic oxidation sites excluding steroid dienone is 3. The summed E-state index contributed by atoms with van der Waals surface area (Å²) in [6.07, 6.45) is 3.36. The van der Waals surface area contributed by atoms with Crippen molar-refractivity contribution in [2.75, 3.05) is 45.5 Å². The first-order valence-electron chi connectivity index (χ1n) is 24.0. The molecule has 0 radical (unpaired) electrons. The maximum absolute atomic E-state index is 14.5. The second-order valence-corrected chi connectivity index (χ2v) is 22.6. The number of carbonyl (C=O) groups excluding carboxylic acids is 7. The third-order valence-electron chi connectivity index (χ3n) is 15.0. The van der Waals surface area contributed by atoms with E-state index in [4.69, 9.17) is 35.3 Å². The number of alkyl carbamates (subject to hydrolysis) is 1. The average Bonchev–Trinajstić information content (AvgIpc) is 3.86. The van der Waals surface area contributed by atoms with Gasteiger partial charge in [0.1, 0.15) is 40.3 Å². The molecular formula is C50H68ClN5O13S. The van der Waals surface area contributed by atoms with Crippen molar-refractivity contribution < 1.29 is 62.4 Å². The number of likely N-dealkylation sites (tertiary alicyclic amines) is 1. The van der Waals surface area contributed by atoms with Gasteiger partial charge in [-0.05, 0) is 90.3 Å². The van der Waals surface area contributed by atoms with Crippen LogP contribution in [0.25, 0.3) is 0 Å². The van der Waals surface area contributed by atoms with Crippen LogP contribution in [0.15, 0.2) is 35.9 Å². The Kier molecular flexibility index (Phi) is 15.5. The number of fused-ring (bicyclic) bond motifs is 4. The lowest BCUT2D eigenvalue weighted by Gasteiger charge is -2.46. The van der Waals surface area contributed by atoms with Crippen LogP contribution in [0.4, 0.5) is 10.5 Å². The van der Waals surface area contributed by atoms with Crippen molar-refractivity contribution >= 4 is 70.6 Å². The number of nitrogens with one attached hydrogen (secondary N) is 2. The van der Waals surface area contributed by atoms with Crippen LogP contribution in [-0.4, -0.2) is 149 Å². The van der Waals surface area contributed by atoms with Gasteiger partial charge in [0.15, 0.2) is 11.8 Å². The molecule has 1 saturated carbocycles. The van der Waals surface area contributed by atoms with E-state index in [9.17, 15) is 38.7 Å². The number of anilines is 1. The molecular weight excluding hydrogens is 946 g/mol. The minimum atomic E-state index is -2.00. The van der Waals surface area contributed by atoms with Crippen LogP contribution in [0.3, 0.4) is 0 Å². The van der Waals surface area contributed by atoms with Crippen molar-refractivity contribution in [3.63, 3.8) is 0 Å². The van der Waals surface area contributed by atoms with Crippen molar-refractivity contribution in [1.82, 2.24) is 20.4 Å². The van der Waals surface area contributed by atoms with Gasteiger partial charge in [-0.1, -0.05) is 42.3 Å². The van der Waals surface area contributed by atoms with E-state index in [-0.39, 0.29) is 78.1 Å². The summed E-state index contributed by atoms with van der Waals surface area (Å²) < 4.78 is 29.9. The SMILES string of the molecule is COc1cc2cc(c1Cl)N(C)C(=O)C[C@@H]1OC(=O)[C@@H](N(C)C(=O)CCSC3CC(=O)N(CC4CCC(C(=O)NC(C)(C)C)CC4)C3=O)C3(O[C@@]13C)C(C)C1CC(O)(NC(=O)O1)C(OC)/C=C/C=C(\C)C2. The van der Waals surface area contributed by atoms with Gasteiger partial charge >= 0.3 is 12.1 Å². The fourth-order valence-electron chi connectivity index (χ4n) is 11.0. The van der Waals surface area contributed by atoms with E-state index < -0.39 is 76.3 Å². The zero-order valence-electron chi connectivity index (χ0n) is 41.8. The molecule has 7 rings (SSSR count). The Morgan fingerprint density at radius 3 is 2.41 bits per heavy atom. The Morgan fingerprint density at radius 1 is 1.06 bits per heavy atom. The number of ether oxygens (including phenoxy) is 5. The highest BCUT2D eigenvalue weighted by molar-refractivity contribution is 8.00. The van der Waals surface area contributed by atoms with Gasteiger partial charge in [0.05, 0.1) is 24.5 Å². The molecule has 1 aromatic rings. The molecule has 5 fully saturated rings. The molecule has 6 amide bonds. The van der Waals surface area contributed by atoms with Crippen LogP contribution in [0, 0.1) is 17.8 Å². The van der Waals surface area contributed by atoms with Gasteiger partial charge in [0.25, 0.3) is 0 Å². The number of rotatable bonds is 10. The molecule has 9 atom stereocenters. The van der Waals surface area contributed by atoms with Crippen LogP contribution in [-0.2, 0) is 54.1 Å². The average molecular weight is 1010 g/mol. The second-order valence-electron chi connectivity index (χ2n) is 21.0. The first-order valence-corrected chi connectivity index (χ1v) is 25.4. The summed E-state index contributed by atoms with van der Waals surface area (Å²) in [7, 11) is 5.87. The number of benzene rings is 1. The van der Waals surface area contributed by atoms with E-state index in [0.717, 1.165) is 24.0 Å². The van der Waals surface area contributed by atoms with E-state index in [1.54, 1.807) is 45.2 Å². The number of esters is 1. The van der Waals surface area contributed by atoms with Crippen LogP contribution in [0.2, 0.25) is 5.02 Å². The largest absolute Gasteiger partial charge is 0.495 e. The Bertz CT molecular complexity index is 2330. The Hall–Kier alpha value is -4.69. The van der Waals surface area contributed by atoms with Crippen molar-refractivity contribution in [2.24, 2.45) is 17.8 Å². The number of hydrogen-bond acceptors (Lipinski definition) is 14. The highest BCUT2D eigenvalue weighted by Gasteiger charge is 2.83. The molecule has 5 heterocycles. The maximum Gasteiger partial charge on any atom is 0.409 e. The number of thioether (sulfide) groups is 1. The standard InChI is InChI=1S/C50H68ClN5O13S/c1-27-12-11-13-36(66-10)49(64)25-34(67-46(63)53-49)28(2)50-42(45(62)68-37(48(50,6)69-50)24-39(58)54(7)32-21-30(20-27)22-33(65-9)41(32)51)55(8)38(57)18-19-70-35-23-40(59)56(44(35)61)26-29-14-16-31(17-15-29)43(60)52-47(3,4)5/h11-13,21-22,28-29,31,34-37,42,64H,14-20,23-26H2,1-10H3,(H,52,60)(H,53,63)/b13-11+,27-12+/t28?,29?,31?,34?,35?,36?,37-,42+,48-,49?,50?/m0/s1. The van der Waals surface area contributed by atoms with Crippen molar-refractivity contribution in [2.45, 2.75) is 151 Å². The van der Waals surface area contributed by atoms with Gasteiger partial charge in [-0.25, -0.2) is 9.59 Å². The number of halogens is 1. The highest BCUT2D eigenvalue weighted by Crippen LogP contribution is 2.63. The third kappa shape index (κ3) is 10.5. The fourth-order valence-corrected chi connectivity index (χ4v) is 12.5. The number of hydrogen-bond donors (Lipinski definition) is 3. The van der Waals surface area contributed by atoms with Gasteiger partial charge < -0.3 is 43.9 Å². The van der Waals surface area contributed by atoms with Gasteiger partial charge in [-0.3, -0.25) is 34.2 Å². The minimum absolute atomic E-state index is 0.00348. The smallest absolute Gasteiger partial charge is 0.409 e. The number of aliphatic hydroxyl groups is 1.